The van der Waals surface area contributed by atoms with E-state index >= 15 is 0 Å². The number of para-hydroxylation sites is 1. The Morgan fingerprint density at radius 1 is 1.26 bits per heavy atom. The van der Waals surface area contributed by atoms with E-state index in [0.717, 1.165) is 35.4 Å². The van der Waals surface area contributed by atoms with Crippen LogP contribution in [0.15, 0.2) is 72.0 Å². The lowest BCUT2D eigenvalue weighted by molar-refractivity contribution is 0.103. The molecule has 0 amide bonds. The molecule has 0 radical (unpaired) electrons. The molecule has 1 fully saturated rings. The molecule has 0 atom stereocenters. The molecule has 218 valence electrons. The van der Waals surface area contributed by atoms with Gasteiger partial charge in [0.1, 0.15) is 5.82 Å². The first-order valence-electron chi connectivity index (χ1n) is 13.4. The van der Waals surface area contributed by atoms with Crippen LogP contribution in [-0.2, 0) is 4.74 Å². The molecule has 0 unspecified atom stereocenters. The predicted octanol–water partition coefficient (Wildman–Crippen LogP) is 5.72. The van der Waals surface area contributed by atoms with E-state index in [9.17, 15) is 9.18 Å². The lowest BCUT2D eigenvalue weighted by atomic mass is 10.1. The quantitative estimate of drug-likeness (QED) is 0.0982. The highest BCUT2D eigenvalue weighted by Gasteiger charge is 2.22. The number of aromatic nitrogens is 3. The number of nitrogens with zero attached hydrogens (tertiary/aromatic N) is 4. The predicted molar refractivity (Wildman–Crippen MR) is 168 cm³/mol. The Bertz CT molecular complexity index is 1690. The van der Waals surface area contributed by atoms with E-state index in [1.54, 1.807) is 38.1 Å². The van der Waals surface area contributed by atoms with Gasteiger partial charge in [0.2, 0.25) is 11.7 Å². The number of nitrogens with one attached hydrogen (secondary N) is 2. The summed E-state index contributed by atoms with van der Waals surface area (Å²) in [5.74, 6) is -0.381. The Labute approximate surface area is 247 Å². The number of hydrogen-bond acceptors (Lipinski definition) is 9. The highest BCUT2D eigenvalue weighted by molar-refractivity contribution is 7.99. The van der Waals surface area contributed by atoms with Crippen molar-refractivity contribution in [3.63, 3.8) is 0 Å². The van der Waals surface area contributed by atoms with Crippen LogP contribution in [0.5, 0.6) is 5.75 Å². The number of allylic oxidation sites excluding steroid dienone is 2. The van der Waals surface area contributed by atoms with Gasteiger partial charge in [-0.2, -0.15) is 5.10 Å². The van der Waals surface area contributed by atoms with Crippen molar-refractivity contribution in [2.45, 2.75) is 13.8 Å². The number of ether oxygens (including phenoxy) is 2. The van der Waals surface area contributed by atoms with Gasteiger partial charge in [0.25, 0.3) is 0 Å². The molecule has 3 heterocycles. The number of fused-ring (bicyclic) bond motifs is 1. The van der Waals surface area contributed by atoms with Gasteiger partial charge in [-0.05, 0) is 50.3 Å². The van der Waals surface area contributed by atoms with Gasteiger partial charge < -0.3 is 29.8 Å². The van der Waals surface area contributed by atoms with E-state index in [2.05, 4.69) is 30.8 Å². The average Bonchev–Trinajstić information content (AvgIpc) is 3.60. The molecular formula is C30H32FN7O3S. The number of halogens is 1. The molecule has 1 saturated heterocycles. The van der Waals surface area contributed by atoms with E-state index in [1.165, 1.54) is 41.2 Å². The van der Waals surface area contributed by atoms with Crippen LogP contribution in [0.4, 0.5) is 21.6 Å². The summed E-state index contributed by atoms with van der Waals surface area (Å²) in [5, 5.41) is 5.23. The highest BCUT2D eigenvalue weighted by atomic mass is 32.2. The van der Waals surface area contributed by atoms with Crippen molar-refractivity contribution in [2.24, 2.45) is 4.99 Å². The van der Waals surface area contributed by atoms with Gasteiger partial charge in [-0.15, -0.1) is 0 Å². The van der Waals surface area contributed by atoms with Crippen LogP contribution in [0.1, 0.15) is 29.9 Å². The summed E-state index contributed by atoms with van der Waals surface area (Å²) in [7, 11) is 0. The fraction of sp³-hybridized carbons (Fsp3) is 0.233. The Morgan fingerprint density at radius 2 is 2.05 bits per heavy atom. The molecule has 0 aliphatic carbocycles. The minimum Gasteiger partial charge on any atom is -0.436 e. The van der Waals surface area contributed by atoms with Crippen LogP contribution in [0, 0.1) is 5.82 Å². The summed E-state index contributed by atoms with van der Waals surface area (Å²) in [5.41, 5.74) is 10.4. The summed E-state index contributed by atoms with van der Waals surface area (Å²) < 4.78 is 30.0. The zero-order valence-corrected chi connectivity index (χ0v) is 24.4. The monoisotopic (exact) mass is 589 g/mol. The molecule has 1 aliphatic rings. The smallest absolute Gasteiger partial charge is 0.219 e. The number of rotatable bonds is 9. The standard InChI is InChI=1S/C30H32FN7O3S/c1-4-7-28(41-27-9-6-5-8-22(27)31)33-17-19(2)38-30(32)21(18-34-38)29(39)25-14-20-15-26(37-10-12-40-13-11-37)24(36-42-3)16-23(20)35-25/h4-9,14-18,35-36H,10-13,32H2,1-3H3/b7-4+,19-17+,33-28+. The molecule has 2 aromatic carbocycles. The zero-order valence-electron chi connectivity index (χ0n) is 23.6. The second kappa shape index (κ2) is 13.0. The fourth-order valence-electron chi connectivity index (χ4n) is 4.61. The van der Waals surface area contributed by atoms with E-state index < -0.39 is 5.82 Å². The molecule has 2 aromatic heterocycles. The number of nitrogen functional groups attached to an aromatic ring is 1. The number of morpholine rings is 1. The molecule has 0 bridgehead atoms. The van der Waals surface area contributed by atoms with Gasteiger partial charge in [0.15, 0.2) is 11.6 Å². The lowest BCUT2D eigenvalue weighted by Gasteiger charge is -2.30. The maximum absolute atomic E-state index is 14.1. The van der Waals surface area contributed by atoms with Gasteiger partial charge in [-0.25, -0.2) is 14.1 Å². The third kappa shape index (κ3) is 6.19. The molecule has 10 nitrogen and oxygen atoms in total. The Balaban J connectivity index is 1.40. The van der Waals surface area contributed by atoms with Gasteiger partial charge in [-0.3, -0.25) is 4.79 Å². The highest BCUT2D eigenvalue weighted by Crippen LogP contribution is 2.34. The number of H-pyrrole nitrogens is 1. The Hall–Kier alpha value is -4.55. The summed E-state index contributed by atoms with van der Waals surface area (Å²) in [6.45, 7) is 6.48. The normalized spacial score (nSPS) is 14.6. The van der Waals surface area contributed by atoms with Crippen LogP contribution in [0.2, 0.25) is 0 Å². The summed E-state index contributed by atoms with van der Waals surface area (Å²) in [4.78, 5) is 23.4. The SMILES string of the molecule is C/C=C/C(=N\C=C(/C)n1ncc(C(=O)c2cc3cc(N4CCOCC4)c(NSC)cc3[nH]2)c1N)Oc1ccccc1F. The Morgan fingerprint density at radius 3 is 2.79 bits per heavy atom. The largest absolute Gasteiger partial charge is 0.436 e. The number of nitrogens with two attached hydrogens (primary N) is 1. The first-order valence-corrected chi connectivity index (χ1v) is 14.6. The Kier molecular flexibility index (Phi) is 8.94. The van der Waals surface area contributed by atoms with Crippen molar-refractivity contribution in [3.05, 3.63) is 84.1 Å². The molecular weight excluding hydrogens is 557 g/mol. The second-order valence-corrected chi connectivity index (χ2v) is 10.1. The molecule has 0 spiro atoms. The van der Waals surface area contributed by atoms with E-state index in [0.29, 0.717) is 24.6 Å². The topological polar surface area (TPSA) is 123 Å². The molecule has 4 N–H and O–H groups in total. The number of aromatic amines is 1. The van der Waals surface area contributed by atoms with Crippen LogP contribution >= 0.6 is 11.9 Å². The van der Waals surface area contributed by atoms with Crippen molar-refractivity contribution in [1.29, 1.82) is 0 Å². The van der Waals surface area contributed by atoms with Crippen molar-refractivity contribution in [3.8, 4) is 5.75 Å². The number of benzene rings is 2. The van der Waals surface area contributed by atoms with Crippen LogP contribution in [0.3, 0.4) is 0 Å². The van der Waals surface area contributed by atoms with E-state index in [4.69, 9.17) is 15.2 Å². The number of hydrogen-bond donors (Lipinski definition) is 3. The summed E-state index contributed by atoms with van der Waals surface area (Å²) >= 11 is 1.51. The third-order valence-electron chi connectivity index (χ3n) is 6.67. The van der Waals surface area contributed by atoms with Crippen molar-refractivity contribution in [2.75, 3.05) is 47.9 Å². The lowest BCUT2D eigenvalue weighted by Crippen LogP contribution is -2.36. The maximum Gasteiger partial charge on any atom is 0.219 e. The molecule has 5 rings (SSSR count). The van der Waals surface area contributed by atoms with Crippen LogP contribution in [-0.4, -0.2) is 59.0 Å². The van der Waals surface area contributed by atoms with Crippen LogP contribution < -0.4 is 20.1 Å². The number of aliphatic imine (C=N–C) groups is 1. The van der Waals surface area contributed by atoms with Gasteiger partial charge >= 0.3 is 0 Å². The van der Waals surface area contributed by atoms with E-state index in [-0.39, 0.29) is 28.8 Å². The van der Waals surface area contributed by atoms with Gasteiger partial charge in [-0.1, -0.05) is 30.2 Å². The molecule has 12 heteroatoms. The maximum atomic E-state index is 14.1. The minimum atomic E-state index is -0.499. The number of anilines is 3. The van der Waals surface area contributed by atoms with Crippen molar-refractivity contribution in [1.82, 2.24) is 14.8 Å². The van der Waals surface area contributed by atoms with E-state index in [1.807, 2.05) is 18.4 Å². The van der Waals surface area contributed by atoms with Crippen molar-refractivity contribution < 1.29 is 18.7 Å². The average molecular weight is 590 g/mol. The third-order valence-corrected chi connectivity index (χ3v) is 7.09. The fourth-order valence-corrected chi connectivity index (χ4v) is 4.99. The number of ketones is 1. The molecule has 0 saturated carbocycles. The molecule has 1 aliphatic heterocycles. The zero-order chi connectivity index (χ0) is 29.6. The van der Waals surface area contributed by atoms with Gasteiger partial charge in [0.05, 0.1) is 53.9 Å². The van der Waals surface area contributed by atoms with Gasteiger partial charge in [0, 0.05) is 30.2 Å². The molecule has 42 heavy (non-hydrogen) atoms. The van der Waals surface area contributed by atoms with Crippen LogP contribution in [0.25, 0.3) is 16.6 Å². The first kappa shape index (κ1) is 29.0. The number of carbonyl (C=O) groups is 1. The molecule has 4 aromatic rings. The minimum absolute atomic E-state index is 0.0543. The van der Waals surface area contributed by atoms with Crippen molar-refractivity contribution >= 4 is 57.4 Å². The second-order valence-electron chi connectivity index (χ2n) is 9.50. The summed E-state index contributed by atoms with van der Waals surface area (Å²) in [6, 6.07) is 12.0. The summed E-state index contributed by atoms with van der Waals surface area (Å²) in [6.07, 6.45) is 8.23. The number of carbonyl (C=O) groups excluding carboxylic acids is 1. The first-order chi connectivity index (χ1) is 20.4.